The van der Waals surface area contributed by atoms with E-state index in [1.165, 1.54) is 19.1 Å². The standard InChI is InChI=1S/C8H13NO4/c1-3-13-8(10)6-4-5-7(2)9(11)12/h4-5,7H,3,6H2,1-2H3. The molecule has 1 unspecified atom stereocenters. The fraction of sp³-hybridized carbons (Fsp3) is 0.625. The second kappa shape index (κ2) is 6.16. The number of carbonyl (C=O) groups excluding carboxylic acids is 1. The molecular weight excluding hydrogens is 174 g/mol. The van der Waals surface area contributed by atoms with Crippen LogP contribution in [0.5, 0.6) is 0 Å². The van der Waals surface area contributed by atoms with Gasteiger partial charge >= 0.3 is 5.97 Å². The zero-order valence-electron chi connectivity index (χ0n) is 7.73. The van der Waals surface area contributed by atoms with Gasteiger partial charge in [0.05, 0.1) is 13.0 Å². The van der Waals surface area contributed by atoms with E-state index in [1.54, 1.807) is 6.92 Å². The van der Waals surface area contributed by atoms with Crippen LogP contribution < -0.4 is 0 Å². The van der Waals surface area contributed by atoms with E-state index >= 15 is 0 Å². The van der Waals surface area contributed by atoms with Crippen molar-refractivity contribution in [1.82, 2.24) is 0 Å². The molecule has 0 aliphatic carbocycles. The Hall–Kier alpha value is -1.39. The second-order valence-corrected chi connectivity index (χ2v) is 2.46. The first-order valence-electron chi connectivity index (χ1n) is 4.03. The van der Waals surface area contributed by atoms with E-state index < -0.39 is 11.0 Å². The first-order chi connectivity index (χ1) is 6.07. The largest absolute Gasteiger partial charge is 0.466 e. The molecule has 0 fully saturated rings. The summed E-state index contributed by atoms with van der Waals surface area (Å²) in [6.07, 6.45) is 2.91. The van der Waals surface area contributed by atoms with E-state index in [2.05, 4.69) is 4.74 Å². The molecule has 0 N–H and O–H groups in total. The van der Waals surface area contributed by atoms with Gasteiger partial charge in [-0.2, -0.15) is 0 Å². The molecule has 0 radical (unpaired) electrons. The minimum atomic E-state index is -0.755. The maximum atomic E-state index is 10.8. The van der Waals surface area contributed by atoms with Gasteiger partial charge in [0.1, 0.15) is 0 Å². The van der Waals surface area contributed by atoms with Gasteiger partial charge in [-0.1, -0.05) is 6.08 Å². The summed E-state index contributed by atoms with van der Waals surface area (Å²) in [5.41, 5.74) is 0. The number of ether oxygens (including phenoxy) is 1. The Labute approximate surface area is 76.5 Å². The lowest BCUT2D eigenvalue weighted by atomic mass is 10.3. The number of nitrogens with zero attached hydrogens (tertiary/aromatic N) is 1. The van der Waals surface area contributed by atoms with Crippen LogP contribution in [-0.2, 0) is 9.53 Å². The first-order valence-corrected chi connectivity index (χ1v) is 4.03. The predicted octanol–water partition coefficient (Wildman–Crippen LogP) is 1.16. The molecular formula is C8H13NO4. The van der Waals surface area contributed by atoms with Gasteiger partial charge in [-0.05, 0) is 13.0 Å². The van der Waals surface area contributed by atoms with Crippen LogP contribution in [0.3, 0.4) is 0 Å². The number of hydrogen-bond acceptors (Lipinski definition) is 4. The lowest BCUT2D eigenvalue weighted by Gasteiger charge is -1.97. The van der Waals surface area contributed by atoms with Crippen LogP contribution in [0.1, 0.15) is 20.3 Å². The Morgan fingerprint density at radius 3 is 2.77 bits per heavy atom. The maximum Gasteiger partial charge on any atom is 0.309 e. The Bertz CT molecular complexity index is 212. The van der Waals surface area contributed by atoms with Crippen LogP contribution in [0.25, 0.3) is 0 Å². The van der Waals surface area contributed by atoms with Crippen LogP contribution in [-0.4, -0.2) is 23.5 Å². The van der Waals surface area contributed by atoms with Crippen molar-refractivity contribution in [3.05, 3.63) is 22.3 Å². The molecule has 0 saturated heterocycles. The number of carbonyl (C=O) groups is 1. The molecule has 0 aromatic heterocycles. The predicted molar refractivity (Wildman–Crippen MR) is 46.8 cm³/mol. The maximum absolute atomic E-state index is 10.8. The van der Waals surface area contributed by atoms with Crippen LogP contribution in [0, 0.1) is 10.1 Å². The Balaban J connectivity index is 3.74. The molecule has 74 valence electrons. The average molecular weight is 187 g/mol. The van der Waals surface area contributed by atoms with E-state index in [0.29, 0.717) is 6.61 Å². The summed E-state index contributed by atoms with van der Waals surface area (Å²) in [4.78, 5) is 20.5. The highest BCUT2D eigenvalue weighted by Crippen LogP contribution is 1.94. The summed E-state index contributed by atoms with van der Waals surface area (Å²) < 4.78 is 4.62. The number of nitro groups is 1. The average Bonchev–Trinajstić information content (AvgIpc) is 2.04. The van der Waals surface area contributed by atoms with E-state index in [9.17, 15) is 14.9 Å². The number of hydrogen-bond donors (Lipinski definition) is 0. The lowest BCUT2D eigenvalue weighted by molar-refractivity contribution is -0.504. The quantitative estimate of drug-likeness (QED) is 0.280. The fourth-order valence-electron chi connectivity index (χ4n) is 0.651. The smallest absolute Gasteiger partial charge is 0.309 e. The van der Waals surface area contributed by atoms with E-state index in [-0.39, 0.29) is 12.4 Å². The van der Waals surface area contributed by atoms with Crippen molar-refractivity contribution < 1.29 is 14.5 Å². The molecule has 0 bridgehead atoms. The summed E-state index contributed by atoms with van der Waals surface area (Å²) in [7, 11) is 0. The van der Waals surface area contributed by atoms with Gasteiger partial charge in [-0.25, -0.2) is 0 Å². The van der Waals surface area contributed by atoms with Gasteiger partial charge in [0.2, 0.25) is 6.04 Å². The van der Waals surface area contributed by atoms with Crippen molar-refractivity contribution in [3.8, 4) is 0 Å². The number of rotatable bonds is 5. The molecule has 0 aliphatic heterocycles. The Kier molecular flexibility index (Phi) is 5.50. The molecule has 13 heavy (non-hydrogen) atoms. The SMILES string of the molecule is CCOC(=O)CC=CC(C)[N+](=O)[O-]. The van der Waals surface area contributed by atoms with E-state index in [4.69, 9.17) is 0 Å². The molecule has 5 nitrogen and oxygen atoms in total. The molecule has 1 atom stereocenters. The third-order valence-electron chi connectivity index (χ3n) is 1.34. The zero-order chi connectivity index (χ0) is 10.3. The third kappa shape index (κ3) is 5.84. The summed E-state index contributed by atoms with van der Waals surface area (Å²) in [5.74, 6) is -0.366. The summed E-state index contributed by atoms with van der Waals surface area (Å²) in [5, 5.41) is 10.1. The minimum absolute atomic E-state index is 0.0893. The first kappa shape index (κ1) is 11.6. The van der Waals surface area contributed by atoms with Gasteiger partial charge in [0, 0.05) is 11.8 Å². The van der Waals surface area contributed by atoms with Crippen molar-refractivity contribution in [3.63, 3.8) is 0 Å². The molecule has 0 spiro atoms. The topological polar surface area (TPSA) is 69.4 Å². The Morgan fingerprint density at radius 2 is 2.31 bits per heavy atom. The lowest BCUT2D eigenvalue weighted by Crippen LogP contribution is -2.11. The molecule has 0 amide bonds. The molecule has 0 aliphatic rings. The van der Waals surface area contributed by atoms with Gasteiger partial charge in [0.15, 0.2) is 0 Å². The highest BCUT2D eigenvalue weighted by atomic mass is 16.6. The summed E-state index contributed by atoms with van der Waals surface area (Å²) >= 11 is 0. The minimum Gasteiger partial charge on any atom is -0.466 e. The van der Waals surface area contributed by atoms with Gasteiger partial charge in [-0.3, -0.25) is 14.9 Å². The normalized spacial score (nSPS) is 12.8. The van der Waals surface area contributed by atoms with Crippen LogP contribution in [0.15, 0.2) is 12.2 Å². The monoisotopic (exact) mass is 187 g/mol. The second-order valence-electron chi connectivity index (χ2n) is 2.46. The fourth-order valence-corrected chi connectivity index (χ4v) is 0.651. The van der Waals surface area contributed by atoms with Crippen molar-refractivity contribution in [2.24, 2.45) is 0 Å². The van der Waals surface area contributed by atoms with Crippen molar-refractivity contribution in [1.29, 1.82) is 0 Å². The molecule has 0 heterocycles. The van der Waals surface area contributed by atoms with Crippen LogP contribution in [0.2, 0.25) is 0 Å². The summed E-state index contributed by atoms with van der Waals surface area (Å²) in [6, 6.07) is -0.755. The zero-order valence-corrected chi connectivity index (χ0v) is 7.73. The summed E-state index contributed by atoms with van der Waals surface area (Å²) in [6.45, 7) is 3.49. The van der Waals surface area contributed by atoms with E-state index in [1.807, 2.05) is 0 Å². The highest BCUT2D eigenvalue weighted by molar-refractivity contribution is 5.71. The van der Waals surface area contributed by atoms with Crippen molar-refractivity contribution >= 4 is 5.97 Å². The molecule has 0 saturated carbocycles. The van der Waals surface area contributed by atoms with Gasteiger partial charge in [0.25, 0.3) is 0 Å². The van der Waals surface area contributed by atoms with Gasteiger partial charge in [-0.15, -0.1) is 0 Å². The Morgan fingerprint density at radius 1 is 1.69 bits per heavy atom. The van der Waals surface area contributed by atoms with Crippen LogP contribution >= 0.6 is 0 Å². The molecule has 0 rings (SSSR count). The van der Waals surface area contributed by atoms with Crippen LogP contribution in [0.4, 0.5) is 0 Å². The van der Waals surface area contributed by atoms with Crippen molar-refractivity contribution in [2.45, 2.75) is 26.3 Å². The highest BCUT2D eigenvalue weighted by Gasteiger charge is 2.06. The third-order valence-corrected chi connectivity index (χ3v) is 1.34. The van der Waals surface area contributed by atoms with E-state index in [0.717, 1.165) is 0 Å². The van der Waals surface area contributed by atoms with Gasteiger partial charge < -0.3 is 4.74 Å². The van der Waals surface area contributed by atoms with Crippen molar-refractivity contribution in [2.75, 3.05) is 6.61 Å². The molecule has 0 aromatic carbocycles. The number of esters is 1. The molecule has 0 aromatic rings. The molecule has 5 heteroatoms.